The lowest BCUT2D eigenvalue weighted by Gasteiger charge is -2.18. The van der Waals surface area contributed by atoms with Crippen molar-refractivity contribution < 1.29 is 19.1 Å². The van der Waals surface area contributed by atoms with E-state index in [2.05, 4.69) is 5.32 Å². The molecule has 0 unspecified atom stereocenters. The second-order valence-corrected chi connectivity index (χ2v) is 5.16. The third-order valence-corrected chi connectivity index (χ3v) is 3.63. The summed E-state index contributed by atoms with van der Waals surface area (Å²) in [4.78, 5) is 24.0. The van der Waals surface area contributed by atoms with Gasteiger partial charge in [-0.3, -0.25) is 4.79 Å². The Kier molecular flexibility index (Phi) is 5.50. The Morgan fingerprint density at radius 2 is 2.18 bits per heavy atom. The van der Waals surface area contributed by atoms with Crippen LogP contribution in [0.5, 0.6) is 0 Å². The Balaban J connectivity index is 2.03. The predicted molar refractivity (Wildman–Crippen MR) is 77.7 cm³/mol. The first kappa shape index (κ1) is 16.0. The van der Waals surface area contributed by atoms with Gasteiger partial charge in [-0.1, -0.05) is 12.1 Å². The van der Waals surface area contributed by atoms with Crippen molar-refractivity contribution in [3.8, 4) is 6.07 Å². The molecule has 6 heteroatoms. The Labute approximate surface area is 129 Å². The highest BCUT2D eigenvalue weighted by Crippen LogP contribution is 2.13. The van der Waals surface area contributed by atoms with Crippen LogP contribution in [0.15, 0.2) is 24.3 Å². The molecule has 1 saturated heterocycles. The van der Waals surface area contributed by atoms with Gasteiger partial charge in [-0.2, -0.15) is 5.26 Å². The Bertz CT molecular complexity index is 571. The molecular weight excluding hydrogens is 284 g/mol. The van der Waals surface area contributed by atoms with Crippen molar-refractivity contribution in [2.75, 3.05) is 20.3 Å². The number of nitrogens with zero attached hydrogens (tertiary/aromatic N) is 1. The van der Waals surface area contributed by atoms with E-state index in [4.69, 9.17) is 14.7 Å². The summed E-state index contributed by atoms with van der Waals surface area (Å²) in [7, 11) is 1.29. The minimum Gasteiger partial charge on any atom is -0.467 e. The summed E-state index contributed by atoms with van der Waals surface area (Å²) in [6, 6.07) is 8.17. The fourth-order valence-electron chi connectivity index (χ4n) is 2.32. The van der Waals surface area contributed by atoms with Crippen molar-refractivity contribution in [1.82, 2.24) is 5.32 Å². The van der Waals surface area contributed by atoms with E-state index in [0.29, 0.717) is 31.6 Å². The third kappa shape index (κ3) is 4.06. The minimum absolute atomic E-state index is 0.193. The summed E-state index contributed by atoms with van der Waals surface area (Å²) in [6.45, 7) is 0.952. The molecule has 0 saturated carbocycles. The number of benzene rings is 1. The van der Waals surface area contributed by atoms with Gasteiger partial charge in [-0.15, -0.1) is 0 Å². The van der Waals surface area contributed by atoms with Crippen molar-refractivity contribution in [1.29, 1.82) is 5.26 Å². The van der Waals surface area contributed by atoms with Gasteiger partial charge in [0.15, 0.2) is 0 Å². The van der Waals surface area contributed by atoms with Gasteiger partial charge in [0.1, 0.15) is 6.04 Å². The molecule has 0 aliphatic carbocycles. The molecule has 2 atom stereocenters. The molecular formula is C16H18N2O4. The van der Waals surface area contributed by atoms with Crippen molar-refractivity contribution in [2.45, 2.75) is 18.9 Å². The van der Waals surface area contributed by atoms with E-state index < -0.39 is 12.0 Å². The van der Waals surface area contributed by atoms with Gasteiger partial charge in [0, 0.05) is 13.0 Å². The quantitative estimate of drug-likeness (QED) is 0.813. The van der Waals surface area contributed by atoms with Gasteiger partial charge in [-0.05, 0) is 24.1 Å². The first-order valence-corrected chi connectivity index (χ1v) is 7.09. The molecule has 1 aromatic carbocycles. The second-order valence-electron chi connectivity index (χ2n) is 5.16. The van der Waals surface area contributed by atoms with Crippen LogP contribution in [0, 0.1) is 17.2 Å². The standard InChI is InChI=1S/C16H18N2O4/c1-21-16(20)14(18-15(19)13-6-7-22-10-13)8-11-2-4-12(9-17)5-3-11/h2-5,13-14H,6-8,10H2,1H3,(H,18,19)/t13-,14+/m1/s1. The van der Waals surface area contributed by atoms with E-state index in [-0.39, 0.29) is 11.8 Å². The van der Waals surface area contributed by atoms with Gasteiger partial charge in [0.2, 0.25) is 5.91 Å². The zero-order chi connectivity index (χ0) is 15.9. The zero-order valence-electron chi connectivity index (χ0n) is 12.4. The number of hydrogen-bond acceptors (Lipinski definition) is 5. The van der Waals surface area contributed by atoms with Crippen LogP contribution in [0.4, 0.5) is 0 Å². The highest BCUT2D eigenvalue weighted by atomic mass is 16.5. The van der Waals surface area contributed by atoms with E-state index in [9.17, 15) is 9.59 Å². The molecule has 1 aliphatic rings. The van der Waals surface area contributed by atoms with Crippen LogP contribution >= 0.6 is 0 Å². The number of ether oxygens (including phenoxy) is 2. The van der Waals surface area contributed by atoms with Crippen LogP contribution in [-0.2, 0) is 25.5 Å². The molecule has 1 aliphatic heterocycles. The van der Waals surface area contributed by atoms with Gasteiger partial charge >= 0.3 is 5.97 Å². The molecule has 116 valence electrons. The Hall–Kier alpha value is -2.39. The van der Waals surface area contributed by atoms with Crippen molar-refractivity contribution in [3.63, 3.8) is 0 Å². The number of methoxy groups -OCH3 is 1. The minimum atomic E-state index is -0.744. The van der Waals surface area contributed by atoms with E-state index in [1.807, 2.05) is 6.07 Å². The van der Waals surface area contributed by atoms with Crippen LogP contribution in [0.3, 0.4) is 0 Å². The van der Waals surface area contributed by atoms with Gasteiger partial charge in [-0.25, -0.2) is 4.79 Å². The van der Waals surface area contributed by atoms with Crippen molar-refractivity contribution in [2.24, 2.45) is 5.92 Å². The fraction of sp³-hybridized carbons (Fsp3) is 0.438. The Morgan fingerprint density at radius 3 is 2.73 bits per heavy atom. The molecule has 0 aromatic heterocycles. The highest BCUT2D eigenvalue weighted by Gasteiger charge is 2.28. The average molecular weight is 302 g/mol. The maximum atomic E-state index is 12.1. The summed E-state index contributed by atoms with van der Waals surface area (Å²) in [5.74, 6) is -0.897. The molecule has 1 amide bonds. The van der Waals surface area contributed by atoms with Gasteiger partial charge in [0.05, 0.1) is 31.3 Å². The van der Waals surface area contributed by atoms with Crippen molar-refractivity contribution in [3.05, 3.63) is 35.4 Å². The molecule has 0 radical (unpaired) electrons. The predicted octanol–water partition coefficient (Wildman–Crippen LogP) is 0.795. The van der Waals surface area contributed by atoms with Gasteiger partial charge < -0.3 is 14.8 Å². The van der Waals surface area contributed by atoms with Crippen LogP contribution in [-0.4, -0.2) is 38.2 Å². The molecule has 6 nitrogen and oxygen atoms in total. The number of nitrogens with one attached hydrogen (secondary N) is 1. The molecule has 1 N–H and O–H groups in total. The normalized spacial score (nSPS) is 18.3. The number of nitriles is 1. The maximum Gasteiger partial charge on any atom is 0.328 e. The highest BCUT2D eigenvalue weighted by molar-refractivity contribution is 5.86. The number of carbonyl (C=O) groups excluding carboxylic acids is 2. The summed E-state index contributed by atoms with van der Waals surface area (Å²) in [6.07, 6.45) is 0.980. The maximum absolute atomic E-state index is 12.1. The lowest BCUT2D eigenvalue weighted by Crippen LogP contribution is -2.45. The molecule has 22 heavy (non-hydrogen) atoms. The summed E-state index contributed by atoms with van der Waals surface area (Å²) in [5.41, 5.74) is 1.39. The number of hydrogen-bond donors (Lipinski definition) is 1. The molecule has 2 rings (SSSR count). The zero-order valence-corrected chi connectivity index (χ0v) is 12.4. The van der Waals surface area contributed by atoms with Crippen LogP contribution in [0.1, 0.15) is 17.5 Å². The number of amides is 1. The third-order valence-electron chi connectivity index (χ3n) is 3.63. The van der Waals surface area contributed by atoms with E-state index in [1.54, 1.807) is 24.3 Å². The first-order valence-electron chi connectivity index (χ1n) is 7.09. The first-order chi connectivity index (χ1) is 10.6. The van der Waals surface area contributed by atoms with Crippen LogP contribution < -0.4 is 5.32 Å². The Morgan fingerprint density at radius 1 is 1.45 bits per heavy atom. The lowest BCUT2D eigenvalue weighted by atomic mass is 10.0. The monoisotopic (exact) mass is 302 g/mol. The lowest BCUT2D eigenvalue weighted by molar-refractivity contribution is -0.145. The van der Waals surface area contributed by atoms with Crippen LogP contribution in [0.25, 0.3) is 0 Å². The molecule has 1 aromatic rings. The molecule has 0 bridgehead atoms. The number of rotatable bonds is 5. The second kappa shape index (κ2) is 7.57. The molecule has 1 fully saturated rings. The smallest absolute Gasteiger partial charge is 0.328 e. The average Bonchev–Trinajstić information content (AvgIpc) is 3.08. The van der Waals surface area contributed by atoms with E-state index in [0.717, 1.165) is 5.56 Å². The summed E-state index contributed by atoms with van der Waals surface area (Å²) in [5, 5.41) is 11.5. The topological polar surface area (TPSA) is 88.4 Å². The number of carbonyl (C=O) groups is 2. The largest absolute Gasteiger partial charge is 0.467 e. The fourth-order valence-corrected chi connectivity index (χ4v) is 2.32. The van der Waals surface area contributed by atoms with Gasteiger partial charge in [0.25, 0.3) is 0 Å². The SMILES string of the molecule is COC(=O)[C@H](Cc1ccc(C#N)cc1)NC(=O)[C@@H]1CCOC1. The number of esters is 1. The van der Waals surface area contributed by atoms with E-state index >= 15 is 0 Å². The molecule has 1 heterocycles. The summed E-state index contributed by atoms with van der Waals surface area (Å²) >= 11 is 0. The molecule has 0 spiro atoms. The van der Waals surface area contributed by atoms with Crippen molar-refractivity contribution >= 4 is 11.9 Å². The summed E-state index contributed by atoms with van der Waals surface area (Å²) < 4.78 is 9.94. The van der Waals surface area contributed by atoms with Crippen LogP contribution in [0.2, 0.25) is 0 Å². The van der Waals surface area contributed by atoms with E-state index in [1.165, 1.54) is 7.11 Å².